The molecule has 1 saturated heterocycles. The first-order valence-corrected chi connectivity index (χ1v) is 8.86. The predicted molar refractivity (Wildman–Crippen MR) is 88.5 cm³/mol. The van der Waals surface area contributed by atoms with Crippen molar-refractivity contribution in [1.82, 2.24) is 16.0 Å². The fourth-order valence-electron chi connectivity index (χ4n) is 4.20. The molecule has 3 amide bonds. The topological polar surface area (TPSA) is 117 Å². The second kappa shape index (κ2) is 6.16. The Bertz CT molecular complexity index is 577. The van der Waals surface area contributed by atoms with Gasteiger partial charge in [-0.25, -0.2) is 4.79 Å². The molecule has 3 fully saturated rings. The van der Waals surface area contributed by atoms with E-state index in [9.17, 15) is 19.5 Å². The van der Waals surface area contributed by atoms with Crippen molar-refractivity contribution in [1.29, 1.82) is 0 Å². The number of amides is 3. The van der Waals surface area contributed by atoms with Crippen molar-refractivity contribution >= 4 is 17.9 Å². The van der Waals surface area contributed by atoms with Crippen LogP contribution in [0.5, 0.6) is 0 Å². The lowest BCUT2D eigenvalue weighted by Gasteiger charge is -2.48. The first kappa shape index (κ1) is 18.0. The van der Waals surface area contributed by atoms with Gasteiger partial charge in [-0.1, -0.05) is 13.8 Å². The molecule has 0 aromatic rings. The molecular formula is C17H27N3O5. The lowest BCUT2D eigenvalue weighted by molar-refractivity contribution is -0.164. The minimum atomic E-state index is -1.22. The first-order valence-electron chi connectivity index (χ1n) is 8.86. The van der Waals surface area contributed by atoms with Gasteiger partial charge in [0.15, 0.2) is 0 Å². The summed E-state index contributed by atoms with van der Waals surface area (Å²) >= 11 is 0. The Labute approximate surface area is 147 Å². The smallest absolute Gasteiger partial charge is 0.408 e. The van der Waals surface area contributed by atoms with Gasteiger partial charge in [0, 0.05) is 12.6 Å². The molecule has 2 unspecified atom stereocenters. The zero-order valence-corrected chi connectivity index (χ0v) is 14.9. The van der Waals surface area contributed by atoms with Gasteiger partial charge in [0.1, 0.15) is 17.7 Å². The van der Waals surface area contributed by atoms with Gasteiger partial charge in [-0.3, -0.25) is 9.59 Å². The molecule has 1 heterocycles. The highest BCUT2D eigenvalue weighted by Gasteiger charge is 2.53. The summed E-state index contributed by atoms with van der Waals surface area (Å²) < 4.78 is 4.89. The van der Waals surface area contributed by atoms with Crippen molar-refractivity contribution in [2.75, 3.05) is 6.54 Å². The summed E-state index contributed by atoms with van der Waals surface area (Å²) in [7, 11) is 0. The number of hydrogen-bond donors (Lipinski definition) is 4. The van der Waals surface area contributed by atoms with Crippen LogP contribution in [0, 0.1) is 11.3 Å². The van der Waals surface area contributed by atoms with Crippen molar-refractivity contribution in [2.45, 2.75) is 70.2 Å². The molecule has 0 bridgehead atoms. The second-order valence-corrected chi connectivity index (χ2v) is 8.53. The van der Waals surface area contributed by atoms with E-state index in [1.54, 1.807) is 6.92 Å². The average Bonchev–Trinajstić information content (AvgIpc) is 2.77. The SMILES string of the molecule is CC1OC(=O)NC1C(=O)NC1CC(CNC(=O)C2(O)CC(C)(C)C2)C1. The summed E-state index contributed by atoms with van der Waals surface area (Å²) in [6.45, 7) is 6.25. The summed E-state index contributed by atoms with van der Waals surface area (Å²) in [6.07, 6.45) is 1.47. The molecule has 0 radical (unpaired) electrons. The van der Waals surface area contributed by atoms with Crippen LogP contribution in [-0.2, 0) is 14.3 Å². The number of aliphatic hydroxyl groups is 1. The van der Waals surface area contributed by atoms with Gasteiger partial charge in [0.05, 0.1) is 0 Å². The van der Waals surface area contributed by atoms with Crippen LogP contribution < -0.4 is 16.0 Å². The van der Waals surface area contributed by atoms with Gasteiger partial charge in [-0.15, -0.1) is 0 Å². The third kappa shape index (κ3) is 3.73. The summed E-state index contributed by atoms with van der Waals surface area (Å²) in [5.41, 5.74) is -1.20. The highest BCUT2D eigenvalue weighted by atomic mass is 16.6. The van der Waals surface area contributed by atoms with Gasteiger partial charge >= 0.3 is 6.09 Å². The monoisotopic (exact) mass is 353 g/mol. The molecule has 4 N–H and O–H groups in total. The van der Waals surface area contributed by atoms with Gasteiger partial charge < -0.3 is 25.8 Å². The molecule has 0 aromatic carbocycles. The number of ether oxygens (including phenoxy) is 1. The van der Waals surface area contributed by atoms with Crippen LogP contribution in [0.15, 0.2) is 0 Å². The van der Waals surface area contributed by atoms with Crippen molar-refractivity contribution < 1.29 is 24.2 Å². The van der Waals surface area contributed by atoms with Gasteiger partial charge in [-0.05, 0) is 43.9 Å². The van der Waals surface area contributed by atoms with Crippen LogP contribution in [0.3, 0.4) is 0 Å². The Morgan fingerprint density at radius 2 is 1.96 bits per heavy atom. The van der Waals surface area contributed by atoms with Crippen LogP contribution in [0.4, 0.5) is 4.79 Å². The number of nitrogens with one attached hydrogen (secondary N) is 3. The van der Waals surface area contributed by atoms with Crippen molar-refractivity contribution in [3.8, 4) is 0 Å². The zero-order chi connectivity index (χ0) is 18.4. The molecule has 1 aliphatic heterocycles. The van der Waals surface area contributed by atoms with Gasteiger partial charge in [0.2, 0.25) is 5.91 Å². The molecular weight excluding hydrogens is 326 g/mol. The summed E-state index contributed by atoms with van der Waals surface area (Å²) in [6, 6.07) is -0.604. The summed E-state index contributed by atoms with van der Waals surface area (Å²) in [5.74, 6) is -0.242. The van der Waals surface area contributed by atoms with E-state index < -0.39 is 23.8 Å². The molecule has 8 heteroatoms. The number of carbonyl (C=O) groups excluding carboxylic acids is 3. The number of carbonyl (C=O) groups is 3. The number of rotatable bonds is 5. The predicted octanol–water partition coefficient (Wildman–Crippen LogP) is 0.0454. The zero-order valence-electron chi connectivity index (χ0n) is 14.9. The van der Waals surface area contributed by atoms with E-state index in [0.29, 0.717) is 19.4 Å². The molecule has 3 rings (SSSR count). The second-order valence-electron chi connectivity index (χ2n) is 8.53. The molecule has 0 aromatic heterocycles. The third-order valence-corrected chi connectivity index (χ3v) is 5.42. The Morgan fingerprint density at radius 1 is 1.32 bits per heavy atom. The maximum absolute atomic E-state index is 12.1. The molecule has 2 aliphatic carbocycles. The maximum Gasteiger partial charge on any atom is 0.408 e. The van der Waals surface area contributed by atoms with Crippen LogP contribution in [-0.4, -0.2) is 53.3 Å². The summed E-state index contributed by atoms with van der Waals surface area (Å²) in [5, 5.41) is 18.4. The molecule has 2 atom stereocenters. The maximum atomic E-state index is 12.1. The van der Waals surface area contributed by atoms with Crippen molar-refractivity contribution in [3.05, 3.63) is 0 Å². The quantitative estimate of drug-likeness (QED) is 0.557. The highest BCUT2D eigenvalue weighted by Crippen LogP contribution is 2.47. The highest BCUT2D eigenvalue weighted by molar-refractivity contribution is 5.88. The van der Waals surface area contributed by atoms with Crippen molar-refractivity contribution in [3.63, 3.8) is 0 Å². The lowest BCUT2D eigenvalue weighted by Crippen LogP contribution is -2.60. The average molecular weight is 353 g/mol. The van der Waals surface area contributed by atoms with E-state index in [-0.39, 0.29) is 29.2 Å². The van der Waals surface area contributed by atoms with E-state index in [2.05, 4.69) is 16.0 Å². The van der Waals surface area contributed by atoms with Crippen LogP contribution in [0.25, 0.3) is 0 Å². The molecule has 25 heavy (non-hydrogen) atoms. The largest absolute Gasteiger partial charge is 0.444 e. The van der Waals surface area contributed by atoms with Crippen LogP contribution in [0.1, 0.15) is 46.5 Å². The van der Waals surface area contributed by atoms with E-state index in [1.165, 1.54) is 0 Å². The van der Waals surface area contributed by atoms with Gasteiger partial charge in [0.25, 0.3) is 5.91 Å². The van der Waals surface area contributed by atoms with E-state index in [0.717, 1.165) is 12.8 Å². The first-order chi connectivity index (χ1) is 11.6. The van der Waals surface area contributed by atoms with E-state index in [4.69, 9.17) is 4.74 Å². The Hall–Kier alpha value is -1.83. The van der Waals surface area contributed by atoms with E-state index >= 15 is 0 Å². The molecule has 3 aliphatic rings. The third-order valence-electron chi connectivity index (χ3n) is 5.42. The Morgan fingerprint density at radius 3 is 2.48 bits per heavy atom. The van der Waals surface area contributed by atoms with E-state index in [1.807, 2.05) is 13.8 Å². The normalized spacial score (nSPS) is 34.8. The van der Waals surface area contributed by atoms with Crippen molar-refractivity contribution in [2.24, 2.45) is 11.3 Å². The van der Waals surface area contributed by atoms with Gasteiger partial charge in [-0.2, -0.15) is 0 Å². The van der Waals surface area contributed by atoms with Crippen LogP contribution in [0.2, 0.25) is 0 Å². The Kier molecular flexibility index (Phi) is 4.43. The standard InChI is InChI=1S/C17H27N3O5/c1-9-12(20-15(23)25-9)13(21)19-11-4-10(5-11)6-18-14(22)17(24)7-16(2,3)8-17/h9-12,24H,4-8H2,1-3H3,(H,18,22)(H,19,21)(H,20,23). The molecule has 0 spiro atoms. The number of cyclic esters (lactones) is 1. The van der Waals surface area contributed by atoms with Crippen LogP contribution >= 0.6 is 0 Å². The Balaban J connectivity index is 1.34. The molecule has 8 nitrogen and oxygen atoms in total. The minimum absolute atomic E-state index is 0.0223. The minimum Gasteiger partial charge on any atom is -0.444 e. The number of alkyl carbamates (subject to hydrolysis) is 1. The molecule has 140 valence electrons. The lowest BCUT2D eigenvalue weighted by atomic mass is 9.61. The summed E-state index contributed by atoms with van der Waals surface area (Å²) in [4.78, 5) is 35.3. The number of hydrogen-bond acceptors (Lipinski definition) is 5. The molecule has 2 saturated carbocycles. The fourth-order valence-corrected chi connectivity index (χ4v) is 4.20. The fraction of sp³-hybridized carbons (Fsp3) is 0.824.